The summed E-state index contributed by atoms with van der Waals surface area (Å²) in [5.41, 5.74) is 0. The third-order valence-electron chi connectivity index (χ3n) is 3.49. The maximum atomic E-state index is 2.44. The van der Waals surface area contributed by atoms with Gasteiger partial charge >= 0.3 is 0 Å². The molecule has 0 N–H and O–H groups in total. The predicted molar refractivity (Wildman–Crippen MR) is 58.9 cm³/mol. The molecule has 78 valence electrons. The van der Waals surface area contributed by atoms with Crippen LogP contribution in [-0.4, -0.2) is 25.5 Å². The van der Waals surface area contributed by atoms with Crippen molar-refractivity contribution >= 4 is 0 Å². The van der Waals surface area contributed by atoms with Crippen molar-refractivity contribution in [2.75, 3.05) is 20.6 Å². The maximum absolute atomic E-state index is 2.44. The van der Waals surface area contributed by atoms with Crippen LogP contribution in [0.25, 0.3) is 0 Å². The van der Waals surface area contributed by atoms with Crippen molar-refractivity contribution in [1.82, 2.24) is 4.90 Å². The minimum Gasteiger partial charge on any atom is -0.309 e. The molecule has 13 heavy (non-hydrogen) atoms. The summed E-state index contributed by atoms with van der Waals surface area (Å²) in [4.78, 5) is 2.30. The van der Waals surface area contributed by atoms with Crippen LogP contribution in [0.5, 0.6) is 0 Å². The van der Waals surface area contributed by atoms with Crippen molar-refractivity contribution in [3.63, 3.8) is 0 Å². The van der Waals surface area contributed by atoms with Gasteiger partial charge in [0.25, 0.3) is 0 Å². The van der Waals surface area contributed by atoms with E-state index in [2.05, 4.69) is 25.9 Å². The Morgan fingerprint density at radius 2 is 1.77 bits per heavy atom. The van der Waals surface area contributed by atoms with E-state index in [4.69, 9.17) is 0 Å². The first-order chi connectivity index (χ1) is 6.20. The number of hydrogen-bond donors (Lipinski definition) is 0. The zero-order valence-corrected chi connectivity index (χ0v) is 9.55. The van der Waals surface area contributed by atoms with Crippen LogP contribution in [0.15, 0.2) is 0 Å². The van der Waals surface area contributed by atoms with E-state index in [9.17, 15) is 0 Å². The summed E-state index contributed by atoms with van der Waals surface area (Å²) in [6.07, 6.45) is 8.83. The Balaban J connectivity index is 2.17. The first-order valence-electron chi connectivity index (χ1n) is 5.85. The molecule has 1 fully saturated rings. The smallest absolute Gasteiger partial charge is 0.00222 e. The quantitative estimate of drug-likeness (QED) is 0.647. The Morgan fingerprint density at radius 1 is 1.15 bits per heavy atom. The number of rotatable bonds is 4. The summed E-state index contributed by atoms with van der Waals surface area (Å²) >= 11 is 0. The van der Waals surface area contributed by atoms with Gasteiger partial charge in [-0.3, -0.25) is 0 Å². The SMILES string of the molecule is CC(CCN(C)C)C1CCCCC1. The zero-order chi connectivity index (χ0) is 9.68. The van der Waals surface area contributed by atoms with Crippen molar-refractivity contribution in [2.45, 2.75) is 45.4 Å². The second kappa shape index (κ2) is 5.64. The van der Waals surface area contributed by atoms with Crippen LogP contribution in [0.1, 0.15) is 45.4 Å². The highest BCUT2D eigenvalue weighted by atomic mass is 15.0. The number of nitrogens with zero attached hydrogens (tertiary/aromatic N) is 1. The van der Waals surface area contributed by atoms with Gasteiger partial charge in [0.15, 0.2) is 0 Å². The lowest BCUT2D eigenvalue weighted by Crippen LogP contribution is -2.21. The summed E-state index contributed by atoms with van der Waals surface area (Å²) in [6.45, 7) is 3.71. The zero-order valence-electron chi connectivity index (χ0n) is 9.55. The van der Waals surface area contributed by atoms with Gasteiger partial charge in [0, 0.05) is 0 Å². The van der Waals surface area contributed by atoms with Gasteiger partial charge in [0.1, 0.15) is 0 Å². The molecule has 1 saturated carbocycles. The van der Waals surface area contributed by atoms with Crippen molar-refractivity contribution in [1.29, 1.82) is 0 Å². The molecule has 1 unspecified atom stereocenters. The highest BCUT2D eigenvalue weighted by Crippen LogP contribution is 2.31. The average molecular weight is 183 g/mol. The molecule has 1 rings (SSSR count). The van der Waals surface area contributed by atoms with E-state index in [0.29, 0.717) is 0 Å². The van der Waals surface area contributed by atoms with Crippen LogP contribution in [0.3, 0.4) is 0 Å². The lowest BCUT2D eigenvalue weighted by atomic mass is 9.79. The molecule has 1 atom stereocenters. The fraction of sp³-hybridized carbons (Fsp3) is 1.00. The van der Waals surface area contributed by atoms with E-state index in [1.54, 1.807) is 0 Å². The normalized spacial score (nSPS) is 22.2. The van der Waals surface area contributed by atoms with Gasteiger partial charge in [0.2, 0.25) is 0 Å². The molecule has 0 aromatic carbocycles. The molecule has 0 spiro atoms. The highest BCUT2D eigenvalue weighted by Gasteiger charge is 2.19. The molecule has 1 nitrogen and oxygen atoms in total. The summed E-state index contributed by atoms with van der Waals surface area (Å²) in [5, 5.41) is 0. The first kappa shape index (κ1) is 11.0. The first-order valence-corrected chi connectivity index (χ1v) is 5.85. The lowest BCUT2D eigenvalue weighted by molar-refractivity contribution is 0.233. The highest BCUT2D eigenvalue weighted by molar-refractivity contribution is 4.71. The molecule has 1 heteroatoms. The Hall–Kier alpha value is -0.0400. The lowest BCUT2D eigenvalue weighted by Gasteiger charge is -2.28. The summed E-state index contributed by atoms with van der Waals surface area (Å²) < 4.78 is 0. The Morgan fingerprint density at radius 3 is 2.31 bits per heavy atom. The number of hydrogen-bond acceptors (Lipinski definition) is 1. The summed E-state index contributed by atoms with van der Waals surface area (Å²) in [5.74, 6) is 1.98. The Labute approximate surface area is 83.5 Å². The van der Waals surface area contributed by atoms with Crippen LogP contribution in [0.4, 0.5) is 0 Å². The van der Waals surface area contributed by atoms with E-state index >= 15 is 0 Å². The van der Waals surface area contributed by atoms with Crippen LogP contribution < -0.4 is 0 Å². The second-order valence-corrected chi connectivity index (χ2v) is 4.97. The molecule has 0 aliphatic heterocycles. The molecule has 0 aromatic rings. The van der Waals surface area contributed by atoms with Crippen molar-refractivity contribution < 1.29 is 0 Å². The predicted octanol–water partition coefficient (Wildman–Crippen LogP) is 3.15. The summed E-state index contributed by atoms with van der Waals surface area (Å²) in [7, 11) is 4.35. The molecule has 0 amide bonds. The maximum Gasteiger partial charge on any atom is -0.00222 e. The molecule has 0 saturated heterocycles. The van der Waals surface area contributed by atoms with E-state index in [0.717, 1.165) is 11.8 Å². The standard InChI is InChI=1S/C12H25N/c1-11(9-10-13(2)3)12-7-5-4-6-8-12/h11-12H,4-10H2,1-3H3. The van der Waals surface area contributed by atoms with Crippen LogP contribution in [0.2, 0.25) is 0 Å². The van der Waals surface area contributed by atoms with E-state index < -0.39 is 0 Å². The van der Waals surface area contributed by atoms with Gasteiger partial charge in [-0.1, -0.05) is 39.0 Å². The van der Waals surface area contributed by atoms with E-state index in [1.807, 2.05) is 0 Å². The third-order valence-corrected chi connectivity index (χ3v) is 3.49. The molecule has 1 aliphatic carbocycles. The van der Waals surface area contributed by atoms with Gasteiger partial charge in [-0.2, -0.15) is 0 Å². The topological polar surface area (TPSA) is 3.24 Å². The fourth-order valence-electron chi connectivity index (χ4n) is 2.40. The molecule has 1 aliphatic rings. The Kier molecular flexibility index (Phi) is 4.79. The molecule has 0 aromatic heterocycles. The van der Waals surface area contributed by atoms with Crippen molar-refractivity contribution in [3.05, 3.63) is 0 Å². The molecular formula is C12H25N. The van der Waals surface area contributed by atoms with Gasteiger partial charge in [-0.05, 0) is 38.9 Å². The molecular weight excluding hydrogens is 158 g/mol. The summed E-state index contributed by atoms with van der Waals surface area (Å²) in [6, 6.07) is 0. The minimum absolute atomic E-state index is 0.947. The second-order valence-electron chi connectivity index (χ2n) is 4.97. The van der Waals surface area contributed by atoms with Gasteiger partial charge < -0.3 is 4.90 Å². The third kappa shape index (κ3) is 4.12. The minimum atomic E-state index is 0.947. The van der Waals surface area contributed by atoms with Gasteiger partial charge in [0.05, 0.1) is 0 Å². The van der Waals surface area contributed by atoms with Crippen LogP contribution >= 0.6 is 0 Å². The average Bonchev–Trinajstić information content (AvgIpc) is 2.15. The Bertz CT molecular complexity index is 125. The molecule has 0 heterocycles. The fourth-order valence-corrected chi connectivity index (χ4v) is 2.40. The van der Waals surface area contributed by atoms with Gasteiger partial charge in [-0.15, -0.1) is 0 Å². The van der Waals surface area contributed by atoms with Crippen molar-refractivity contribution in [3.8, 4) is 0 Å². The van der Waals surface area contributed by atoms with Crippen LogP contribution in [0, 0.1) is 11.8 Å². The molecule has 0 radical (unpaired) electrons. The van der Waals surface area contributed by atoms with E-state index in [-0.39, 0.29) is 0 Å². The monoisotopic (exact) mass is 183 g/mol. The van der Waals surface area contributed by atoms with E-state index in [1.165, 1.54) is 45.1 Å². The molecule has 0 bridgehead atoms. The largest absolute Gasteiger partial charge is 0.309 e. The van der Waals surface area contributed by atoms with Crippen molar-refractivity contribution in [2.24, 2.45) is 11.8 Å². The van der Waals surface area contributed by atoms with Crippen LogP contribution in [-0.2, 0) is 0 Å². The van der Waals surface area contributed by atoms with Gasteiger partial charge in [-0.25, -0.2) is 0 Å².